The topological polar surface area (TPSA) is 46.1 Å². The number of halogens is 2. The fraction of sp³-hybridized carbons (Fsp3) is 0.300. The summed E-state index contributed by atoms with van der Waals surface area (Å²) in [7, 11) is 0. The molecule has 84 valence electrons. The Labute approximate surface area is 96.8 Å². The lowest BCUT2D eigenvalue weighted by Gasteiger charge is -2.15. The van der Waals surface area contributed by atoms with Gasteiger partial charge in [0.25, 0.3) is 0 Å². The molecule has 1 aliphatic rings. The summed E-state index contributed by atoms with van der Waals surface area (Å²) in [6.07, 6.45) is 3.14. The minimum atomic E-state index is -0.762. The summed E-state index contributed by atoms with van der Waals surface area (Å²) < 4.78 is 13.6. The molecule has 16 heavy (non-hydrogen) atoms. The first-order chi connectivity index (χ1) is 7.63. The maximum Gasteiger partial charge on any atom is 0.228 e. The predicted molar refractivity (Wildman–Crippen MR) is 57.7 cm³/mol. The van der Waals surface area contributed by atoms with E-state index in [1.165, 1.54) is 4.90 Å². The Bertz CT molecular complexity index is 452. The van der Waals surface area contributed by atoms with Crippen molar-refractivity contribution in [2.45, 2.75) is 6.42 Å². The van der Waals surface area contributed by atoms with Gasteiger partial charge in [0.05, 0.1) is 0 Å². The molecule has 4 nitrogen and oxygen atoms in total. The lowest BCUT2D eigenvalue weighted by atomic mass is 10.1. The number of hydrogen-bond acceptors (Lipinski definition) is 3. The Morgan fingerprint density at radius 3 is 3.00 bits per heavy atom. The molecule has 2 heterocycles. The lowest BCUT2D eigenvalue weighted by molar-refractivity contribution is -0.117. The number of aromatic nitrogens is 2. The van der Waals surface area contributed by atoms with Crippen molar-refractivity contribution in [2.75, 3.05) is 11.4 Å². The molecule has 0 aliphatic carbocycles. The van der Waals surface area contributed by atoms with Gasteiger partial charge in [-0.3, -0.25) is 9.69 Å². The van der Waals surface area contributed by atoms with Crippen LogP contribution in [0.2, 0.25) is 5.15 Å². The first kappa shape index (κ1) is 11.0. The highest BCUT2D eigenvalue weighted by Crippen LogP contribution is 2.27. The predicted octanol–water partition coefficient (Wildman–Crippen LogP) is 1.81. The van der Waals surface area contributed by atoms with Gasteiger partial charge in [0.1, 0.15) is 6.33 Å². The van der Waals surface area contributed by atoms with Crippen LogP contribution in [0.15, 0.2) is 19.0 Å². The second-order valence-electron chi connectivity index (χ2n) is 3.51. The number of hydrogen-bond donors (Lipinski definition) is 0. The van der Waals surface area contributed by atoms with Gasteiger partial charge in [-0.25, -0.2) is 9.97 Å². The first-order valence-corrected chi connectivity index (χ1v) is 5.10. The summed E-state index contributed by atoms with van der Waals surface area (Å²) in [6.45, 7) is 4.00. The Morgan fingerprint density at radius 1 is 1.62 bits per heavy atom. The molecule has 0 spiro atoms. The molecule has 1 unspecified atom stereocenters. The van der Waals surface area contributed by atoms with Crippen LogP contribution in [0.1, 0.15) is 6.42 Å². The smallest absolute Gasteiger partial charge is 0.228 e. The lowest BCUT2D eigenvalue weighted by Crippen LogP contribution is -2.26. The van der Waals surface area contributed by atoms with Crippen molar-refractivity contribution in [3.05, 3.63) is 30.0 Å². The zero-order valence-electron chi connectivity index (χ0n) is 8.36. The Hall–Kier alpha value is -1.49. The van der Waals surface area contributed by atoms with Crippen molar-refractivity contribution in [2.24, 2.45) is 5.92 Å². The molecule has 0 saturated carbocycles. The van der Waals surface area contributed by atoms with Crippen molar-refractivity contribution in [3.63, 3.8) is 0 Å². The Morgan fingerprint density at radius 2 is 2.38 bits per heavy atom. The third-order valence-corrected chi connectivity index (χ3v) is 2.74. The summed E-state index contributed by atoms with van der Waals surface area (Å²) in [4.78, 5) is 20.1. The molecule has 0 N–H and O–H groups in total. The second-order valence-corrected chi connectivity index (χ2v) is 3.86. The molecule has 1 aromatic rings. The van der Waals surface area contributed by atoms with Crippen LogP contribution in [-0.4, -0.2) is 22.4 Å². The Balaban J connectivity index is 2.35. The SMILES string of the molecule is C=CC1CC(=O)N(c2ncnc(Cl)c2F)C1. The van der Waals surface area contributed by atoms with Crippen molar-refractivity contribution in [1.29, 1.82) is 0 Å². The van der Waals surface area contributed by atoms with Crippen LogP contribution in [0.5, 0.6) is 0 Å². The van der Waals surface area contributed by atoms with Gasteiger partial charge in [-0.15, -0.1) is 6.58 Å². The van der Waals surface area contributed by atoms with Gasteiger partial charge in [0, 0.05) is 18.9 Å². The zero-order valence-corrected chi connectivity index (χ0v) is 9.12. The number of amides is 1. The third kappa shape index (κ3) is 1.78. The number of carbonyl (C=O) groups excluding carboxylic acids is 1. The first-order valence-electron chi connectivity index (χ1n) is 4.72. The van der Waals surface area contributed by atoms with E-state index in [4.69, 9.17) is 11.6 Å². The van der Waals surface area contributed by atoms with E-state index in [2.05, 4.69) is 16.5 Å². The number of nitrogens with zero attached hydrogens (tertiary/aromatic N) is 3. The third-order valence-electron chi connectivity index (χ3n) is 2.47. The fourth-order valence-electron chi connectivity index (χ4n) is 1.63. The van der Waals surface area contributed by atoms with E-state index in [0.717, 1.165) is 6.33 Å². The van der Waals surface area contributed by atoms with E-state index < -0.39 is 5.82 Å². The molecule has 1 atom stereocenters. The molecule has 0 bridgehead atoms. The molecular formula is C10H9ClFN3O. The van der Waals surface area contributed by atoms with Gasteiger partial charge in [-0.2, -0.15) is 4.39 Å². The Kier molecular flexibility index (Phi) is 2.87. The average molecular weight is 242 g/mol. The zero-order chi connectivity index (χ0) is 11.7. The van der Waals surface area contributed by atoms with Crippen LogP contribution >= 0.6 is 11.6 Å². The minimum absolute atomic E-state index is 0.0284. The van der Waals surface area contributed by atoms with Gasteiger partial charge in [0.2, 0.25) is 11.7 Å². The molecule has 0 radical (unpaired) electrons. The second kappa shape index (κ2) is 4.17. The molecule has 1 aromatic heterocycles. The number of anilines is 1. The minimum Gasteiger partial charge on any atom is -0.294 e. The van der Waals surface area contributed by atoms with Crippen molar-refractivity contribution >= 4 is 23.3 Å². The molecule has 6 heteroatoms. The summed E-state index contributed by atoms with van der Waals surface area (Å²) in [5.74, 6) is -0.976. The molecular weight excluding hydrogens is 233 g/mol. The van der Waals surface area contributed by atoms with Crippen LogP contribution < -0.4 is 4.90 Å². The summed E-state index contributed by atoms with van der Waals surface area (Å²) in [5, 5.41) is -0.278. The summed E-state index contributed by atoms with van der Waals surface area (Å²) in [6, 6.07) is 0. The van der Waals surface area contributed by atoms with E-state index >= 15 is 0 Å². The normalized spacial score (nSPS) is 20.2. The van der Waals surface area contributed by atoms with Crippen LogP contribution in [0.25, 0.3) is 0 Å². The molecule has 1 amide bonds. The number of rotatable bonds is 2. The van der Waals surface area contributed by atoms with Gasteiger partial charge < -0.3 is 0 Å². The molecule has 0 aromatic carbocycles. The van der Waals surface area contributed by atoms with E-state index in [1.54, 1.807) is 6.08 Å². The van der Waals surface area contributed by atoms with Gasteiger partial charge in [-0.05, 0) is 0 Å². The van der Waals surface area contributed by atoms with Crippen LogP contribution in [0, 0.1) is 11.7 Å². The van der Waals surface area contributed by atoms with E-state index in [9.17, 15) is 9.18 Å². The van der Waals surface area contributed by atoms with Gasteiger partial charge >= 0.3 is 0 Å². The highest BCUT2D eigenvalue weighted by Gasteiger charge is 2.31. The highest BCUT2D eigenvalue weighted by atomic mass is 35.5. The molecule has 1 aliphatic heterocycles. The van der Waals surface area contributed by atoms with Crippen molar-refractivity contribution < 1.29 is 9.18 Å². The largest absolute Gasteiger partial charge is 0.294 e. The highest BCUT2D eigenvalue weighted by molar-refractivity contribution is 6.29. The van der Waals surface area contributed by atoms with Gasteiger partial charge in [0.15, 0.2) is 11.0 Å². The number of carbonyl (C=O) groups is 1. The maximum atomic E-state index is 13.6. The summed E-state index contributed by atoms with van der Waals surface area (Å²) >= 11 is 5.53. The monoisotopic (exact) mass is 241 g/mol. The standard InChI is InChI=1S/C10H9ClFN3O/c1-2-6-3-7(16)15(4-6)10-8(12)9(11)13-5-14-10/h2,5-6H,1,3-4H2. The van der Waals surface area contributed by atoms with E-state index in [0.29, 0.717) is 13.0 Å². The van der Waals surface area contributed by atoms with Crippen molar-refractivity contribution in [1.82, 2.24) is 9.97 Å². The fourth-order valence-corrected chi connectivity index (χ4v) is 1.75. The van der Waals surface area contributed by atoms with E-state index in [1.807, 2.05) is 0 Å². The quantitative estimate of drug-likeness (QED) is 0.586. The average Bonchev–Trinajstić information content (AvgIpc) is 2.64. The molecule has 1 saturated heterocycles. The molecule has 2 rings (SSSR count). The summed E-state index contributed by atoms with van der Waals surface area (Å²) in [5.41, 5.74) is 0. The van der Waals surface area contributed by atoms with Crippen LogP contribution in [-0.2, 0) is 4.79 Å². The molecule has 1 fully saturated rings. The van der Waals surface area contributed by atoms with E-state index in [-0.39, 0.29) is 22.8 Å². The van der Waals surface area contributed by atoms with Crippen LogP contribution in [0.3, 0.4) is 0 Å². The van der Waals surface area contributed by atoms with Gasteiger partial charge in [-0.1, -0.05) is 17.7 Å². The van der Waals surface area contributed by atoms with Crippen molar-refractivity contribution in [3.8, 4) is 0 Å². The maximum absolute atomic E-state index is 13.6. The van der Waals surface area contributed by atoms with Crippen LogP contribution in [0.4, 0.5) is 10.2 Å².